The summed E-state index contributed by atoms with van der Waals surface area (Å²) < 4.78 is 11.9. The van der Waals surface area contributed by atoms with E-state index in [9.17, 15) is 9.59 Å². The van der Waals surface area contributed by atoms with Crippen LogP contribution in [-0.4, -0.2) is 53.9 Å². The second kappa shape index (κ2) is 8.20. The van der Waals surface area contributed by atoms with Crippen LogP contribution in [0.5, 0.6) is 0 Å². The van der Waals surface area contributed by atoms with Gasteiger partial charge in [0.1, 0.15) is 5.60 Å². The molecule has 0 N–H and O–H groups in total. The van der Waals surface area contributed by atoms with Crippen molar-refractivity contribution in [1.82, 2.24) is 9.47 Å². The van der Waals surface area contributed by atoms with E-state index in [4.69, 9.17) is 21.1 Å². The molecule has 2 aromatic rings. The van der Waals surface area contributed by atoms with E-state index >= 15 is 0 Å². The van der Waals surface area contributed by atoms with E-state index in [1.165, 1.54) is 11.7 Å². The molecule has 1 aromatic carbocycles. The van der Waals surface area contributed by atoms with Gasteiger partial charge in [0, 0.05) is 29.7 Å². The summed E-state index contributed by atoms with van der Waals surface area (Å²) in [4.78, 5) is 26.7. The average molecular weight is 419 g/mol. The lowest BCUT2D eigenvalue weighted by Gasteiger charge is -2.31. The number of methoxy groups -OCH3 is 1. The number of nitrogens with zero attached hydrogens (tertiary/aromatic N) is 2. The van der Waals surface area contributed by atoms with Crippen LogP contribution in [0, 0.1) is 0 Å². The van der Waals surface area contributed by atoms with Gasteiger partial charge in [-0.25, -0.2) is 9.59 Å². The Morgan fingerprint density at radius 1 is 1.28 bits per heavy atom. The molecule has 156 valence electrons. The van der Waals surface area contributed by atoms with E-state index in [0.29, 0.717) is 30.0 Å². The normalized spacial score (nSPS) is 17.9. The first-order chi connectivity index (χ1) is 13.6. The lowest BCUT2D eigenvalue weighted by atomic mass is 9.96. The molecule has 29 heavy (non-hydrogen) atoms. The molecule has 1 atom stereocenters. The van der Waals surface area contributed by atoms with Crippen LogP contribution in [0.4, 0.5) is 4.79 Å². The maximum absolute atomic E-state index is 12.7. The summed E-state index contributed by atoms with van der Waals surface area (Å²) in [6.45, 7) is 6.04. The van der Waals surface area contributed by atoms with Crippen LogP contribution < -0.4 is 0 Å². The van der Waals surface area contributed by atoms with Crippen LogP contribution in [0.3, 0.4) is 0 Å². The first kappa shape index (κ1) is 21.4. The maximum atomic E-state index is 12.7. The van der Waals surface area contributed by atoms with Crippen LogP contribution in [-0.2, 0) is 20.7 Å². The number of ether oxygens (including phenoxy) is 2. The van der Waals surface area contributed by atoms with Crippen molar-refractivity contribution in [3.8, 4) is 0 Å². The number of hydrogen-bond acceptors (Lipinski definition) is 5. The molecule has 6 nitrogen and oxygen atoms in total. The molecule has 1 aliphatic rings. The Labute approximate surface area is 176 Å². The highest BCUT2D eigenvalue weighted by molar-refractivity contribution is 6.35. The molecule has 2 heterocycles. The topological polar surface area (TPSA) is 60.8 Å². The average Bonchev–Trinajstić information content (AvgIpc) is 3.01. The van der Waals surface area contributed by atoms with Crippen LogP contribution >= 0.6 is 11.6 Å². The number of halogens is 1. The third kappa shape index (κ3) is 4.65. The van der Waals surface area contributed by atoms with E-state index in [1.807, 2.05) is 58.3 Å². The van der Waals surface area contributed by atoms with Gasteiger partial charge in [0.2, 0.25) is 0 Å². The molecule has 0 unspecified atom stereocenters. The van der Waals surface area contributed by atoms with E-state index in [2.05, 4.69) is 4.90 Å². The second-order valence-electron chi connectivity index (χ2n) is 8.37. The minimum Gasteiger partial charge on any atom is -0.466 e. The van der Waals surface area contributed by atoms with Crippen molar-refractivity contribution in [2.45, 2.75) is 45.3 Å². The zero-order chi connectivity index (χ0) is 21.3. The lowest BCUT2D eigenvalue weighted by Crippen LogP contribution is -2.39. The highest BCUT2D eigenvalue weighted by Gasteiger charge is 2.27. The maximum Gasteiger partial charge on any atom is 0.419 e. The molecular weight excluding hydrogens is 392 g/mol. The van der Waals surface area contributed by atoms with Gasteiger partial charge < -0.3 is 9.47 Å². The summed E-state index contributed by atoms with van der Waals surface area (Å²) >= 11 is 6.50. The number of rotatable bonds is 3. The van der Waals surface area contributed by atoms with E-state index in [0.717, 1.165) is 16.5 Å². The largest absolute Gasteiger partial charge is 0.466 e. The highest BCUT2D eigenvalue weighted by Crippen LogP contribution is 2.32. The van der Waals surface area contributed by atoms with Gasteiger partial charge in [-0.2, -0.15) is 0 Å². The summed E-state index contributed by atoms with van der Waals surface area (Å²) in [6, 6.07) is 5.70. The first-order valence-electron chi connectivity index (χ1n) is 9.60. The minimum atomic E-state index is -0.592. The number of fused-ring (bicyclic) bond motifs is 1. The smallest absolute Gasteiger partial charge is 0.419 e. The molecule has 0 saturated carbocycles. The SMILES string of the molecule is COC(=O)C1=CC[C@@H](Cc2cn(C(=O)OC(C)(C)C)c3cccc(Cl)c23)N(C)C1. The van der Waals surface area contributed by atoms with Gasteiger partial charge in [0.05, 0.1) is 17.6 Å². The number of esters is 1. The predicted octanol–water partition coefficient (Wildman–Crippen LogP) is 4.42. The van der Waals surface area contributed by atoms with E-state index < -0.39 is 11.7 Å². The van der Waals surface area contributed by atoms with Gasteiger partial charge in [-0.15, -0.1) is 0 Å². The quantitative estimate of drug-likeness (QED) is 0.690. The summed E-state index contributed by atoms with van der Waals surface area (Å²) in [5, 5.41) is 1.46. The Morgan fingerprint density at radius 3 is 2.62 bits per heavy atom. The number of likely N-dealkylation sites (N-methyl/N-ethyl adjacent to an activating group) is 1. The molecule has 0 saturated heterocycles. The monoisotopic (exact) mass is 418 g/mol. The molecule has 1 aromatic heterocycles. The van der Waals surface area contributed by atoms with Crippen molar-refractivity contribution in [2.75, 3.05) is 20.7 Å². The molecule has 0 aliphatic carbocycles. The Balaban J connectivity index is 1.93. The minimum absolute atomic E-state index is 0.178. The van der Waals surface area contributed by atoms with E-state index in [-0.39, 0.29) is 12.0 Å². The lowest BCUT2D eigenvalue weighted by molar-refractivity contribution is -0.136. The van der Waals surface area contributed by atoms with E-state index in [1.54, 1.807) is 0 Å². The van der Waals surface area contributed by atoms with Gasteiger partial charge >= 0.3 is 12.1 Å². The third-order valence-corrected chi connectivity index (χ3v) is 5.34. The van der Waals surface area contributed by atoms with Crippen molar-refractivity contribution in [2.24, 2.45) is 0 Å². The van der Waals surface area contributed by atoms with Crippen molar-refractivity contribution < 1.29 is 19.1 Å². The molecule has 0 amide bonds. The van der Waals surface area contributed by atoms with Gasteiger partial charge in [-0.3, -0.25) is 9.47 Å². The Hall–Kier alpha value is -2.31. The number of aromatic nitrogens is 1. The fourth-order valence-electron chi connectivity index (χ4n) is 3.63. The molecule has 7 heteroatoms. The van der Waals surface area contributed by atoms with Gasteiger partial charge in [0.15, 0.2) is 0 Å². The molecule has 0 radical (unpaired) electrons. The van der Waals surface area contributed by atoms with Gasteiger partial charge in [0.25, 0.3) is 0 Å². The molecule has 0 spiro atoms. The highest BCUT2D eigenvalue weighted by atomic mass is 35.5. The molecule has 0 bridgehead atoms. The molecule has 1 aliphatic heterocycles. The second-order valence-corrected chi connectivity index (χ2v) is 8.78. The Kier molecular flexibility index (Phi) is 6.05. The molecule has 0 fully saturated rings. The third-order valence-electron chi connectivity index (χ3n) is 5.03. The first-order valence-corrected chi connectivity index (χ1v) is 9.98. The standard InChI is InChI=1S/C22H27ClN2O4/c1-22(2,3)29-21(27)25-13-15(19-17(23)7-6-8-18(19)25)11-16-10-9-14(12-24(16)4)20(26)28-5/h6-9,13,16H,10-12H2,1-5H3/t16-/m0/s1. The van der Waals surface area contributed by atoms with Crippen LogP contribution in [0.25, 0.3) is 10.9 Å². The number of carbonyl (C=O) groups excluding carboxylic acids is 2. The Bertz CT molecular complexity index is 971. The van der Waals surface area contributed by atoms with Gasteiger partial charge in [-0.05, 0) is 58.4 Å². The van der Waals surface area contributed by atoms with Crippen molar-refractivity contribution in [3.05, 3.63) is 46.6 Å². The molecule has 3 rings (SSSR count). The van der Waals surface area contributed by atoms with Crippen molar-refractivity contribution >= 4 is 34.6 Å². The number of benzene rings is 1. The fraction of sp³-hybridized carbons (Fsp3) is 0.455. The molecular formula is C22H27ClN2O4. The van der Waals surface area contributed by atoms with Crippen LogP contribution in [0.1, 0.15) is 32.8 Å². The summed E-state index contributed by atoms with van der Waals surface area (Å²) in [6.07, 6.45) is 4.73. The Morgan fingerprint density at radius 2 is 2.00 bits per heavy atom. The summed E-state index contributed by atoms with van der Waals surface area (Å²) in [5.41, 5.74) is 1.78. The van der Waals surface area contributed by atoms with Crippen molar-refractivity contribution in [1.29, 1.82) is 0 Å². The van der Waals surface area contributed by atoms with Crippen LogP contribution in [0.15, 0.2) is 36.0 Å². The number of hydrogen-bond donors (Lipinski definition) is 0. The zero-order valence-electron chi connectivity index (χ0n) is 17.5. The van der Waals surface area contributed by atoms with Crippen LogP contribution in [0.2, 0.25) is 5.02 Å². The van der Waals surface area contributed by atoms with Crippen molar-refractivity contribution in [3.63, 3.8) is 0 Å². The predicted molar refractivity (Wildman–Crippen MR) is 113 cm³/mol. The zero-order valence-corrected chi connectivity index (χ0v) is 18.2. The summed E-state index contributed by atoms with van der Waals surface area (Å²) in [5.74, 6) is -0.292. The fourth-order valence-corrected chi connectivity index (χ4v) is 3.92. The number of carbonyl (C=O) groups is 2. The van der Waals surface area contributed by atoms with Gasteiger partial charge in [-0.1, -0.05) is 23.7 Å². The summed E-state index contributed by atoms with van der Waals surface area (Å²) in [7, 11) is 3.37.